The second kappa shape index (κ2) is 11.1. The molecule has 0 aliphatic heterocycles. The van der Waals surface area contributed by atoms with Crippen LogP contribution >= 0.6 is 0 Å². The van der Waals surface area contributed by atoms with Crippen LogP contribution in [0.2, 0.25) is 0 Å². The molecule has 0 saturated carbocycles. The number of carbonyl (C=O) groups excluding carboxylic acids is 1. The van der Waals surface area contributed by atoms with Crippen molar-refractivity contribution in [2.24, 2.45) is 0 Å². The molecule has 2 N–H and O–H groups in total. The Hall–Kier alpha value is -4.12. The van der Waals surface area contributed by atoms with Crippen LogP contribution in [0.15, 0.2) is 41.5 Å². The number of esters is 1. The summed E-state index contributed by atoms with van der Waals surface area (Å²) in [5.74, 6) is 2.17. The van der Waals surface area contributed by atoms with E-state index in [1.54, 1.807) is 18.5 Å². The third-order valence-electron chi connectivity index (χ3n) is 4.85. The zero-order valence-corrected chi connectivity index (χ0v) is 19.6. The van der Waals surface area contributed by atoms with Crippen LogP contribution in [0.3, 0.4) is 0 Å². The van der Waals surface area contributed by atoms with Gasteiger partial charge in [-0.15, -0.1) is 12.3 Å². The standard InChI is InChI=1S/C26H28N4O4/c1-5-6-8-13-22(31)33-17-34-25-21(15-19-23(26(2,3)4)28-16-27-19)29-24(32)20(30-25)14-18-11-9-7-10-12-18/h1,7,9-12,14-16H,6,8,13,17H2,2-4H3,(H,27,28)(H,29,32). The van der Waals surface area contributed by atoms with Gasteiger partial charge in [-0.25, -0.2) is 9.97 Å². The van der Waals surface area contributed by atoms with Gasteiger partial charge in [0.2, 0.25) is 12.7 Å². The number of unbranched alkanes of at least 4 members (excludes halogenated alkanes) is 1. The molecular weight excluding hydrogens is 432 g/mol. The molecule has 0 amide bonds. The summed E-state index contributed by atoms with van der Waals surface area (Å²) in [6, 6.07) is 9.34. The molecule has 1 aromatic carbocycles. The average Bonchev–Trinajstić information content (AvgIpc) is 3.26. The number of hydrogen-bond acceptors (Lipinski definition) is 6. The molecule has 34 heavy (non-hydrogen) atoms. The van der Waals surface area contributed by atoms with E-state index in [0.717, 1.165) is 11.3 Å². The molecule has 0 saturated heterocycles. The van der Waals surface area contributed by atoms with E-state index in [1.807, 2.05) is 51.1 Å². The summed E-state index contributed by atoms with van der Waals surface area (Å²) in [6.45, 7) is 5.79. The van der Waals surface area contributed by atoms with Crippen molar-refractivity contribution < 1.29 is 14.3 Å². The molecule has 0 bridgehead atoms. The number of benzene rings is 1. The fraction of sp³-hybridized carbons (Fsp3) is 0.308. The molecule has 176 valence electrons. The molecule has 2 aromatic heterocycles. The van der Waals surface area contributed by atoms with E-state index in [0.29, 0.717) is 23.9 Å². The lowest BCUT2D eigenvalue weighted by Crippen LogP contribution is -2.38. The summed E-state index contributed by atoms with van der Waals surface area (Å²) in [6.07, 6.45) is 11.4. The van der Waals surface area contributed by atoms with Crippen LogP contribution in [0.1, 0.15) is 57.0 Å². The predicted octanol–water partition coefficient (Wildman–Crippen LogP) is 2.13. The number of imidazole rings is 1. The second-order valence-corrected chi connectivity index (χ2v) is 8.62. The van der Waals surface area contributed by atoms with Gasteiger partial charge in [0.25, 0.3) is 5.56 Å². The SMILES string of the molecule is C#CCCCC(=O)OCOc1nc(=Cc2ccccc2)c(=O)[nH]c1=Cc1nc[nH]c1C(C)(C)C. The molecule has 0 spiro atoms. The van der Waals surface area contributed by atoms with Crippen LogP contribution in [0.5, 0.6) is 5.88 Å². The maximum absolute atomic E-state index is 12.8. The van der Waals surface area contributed by atoms with Crippen molar-refractivity contribution in [3.8, 4) is 18.2 Å². The molecule has 2 heterocycles. The molecule has 3 rings (SSSR count). The molecule has 0 unspecified atom stereocenters. The lowest BCUT2D eigenvalue weighted by molar-refractivity contribution is -0.150. The van der Waals surface area contributed by atoms with E-state index in [4.69, 9.17) is 15.9 Å². The Morgan fingerprint density at radius 3 is 2.68 bits per heavy atom. The molecule has 8 nitrogen and oxygen atoms in total. The number of carbonyl (C=O) groups is 1. The van der Waals surface area contributed by atoms with Crippen molar-refractivity contribution in [1.82, 2.24) is 19.9 Å². The first-order valence-corrected chi connectivity index (χ1v) is 10.9. The Morgan fingerprint density at radius 2 is 1.97 bits per heavy atom. The highest BCUT2D eigenvalue weighted by Gasteiger charge is 2.19. The molecule has 0 fully saturated rings. The number of rotatable bonds is 8. The maximum Gasteiger partial charge on any atom is 0.308 e. The van der Waals surface area contributed by atoms with E-state index in [9.17, 15) is 9.59 Å². The molecule has 0 aliphatic carbocycles. The summed E-state index contributed by atoms with van der Waals surface area (Å²) in [7, 11) is 0. The number of hydrogen-bond donors (Lipinski definition) is 2. The van der Waals surface area contributed by atoms with Crippen LogP contribution in [0.4, 0.5) is 0 Å². The van der Waals surface area contributed by atoms with Crippen LogP contribution in [0.25, 0.3) is 12.2 Å². The van der Waals surface area contributed by atoms with Crippen molar-refractivity contribution in [3.05, 3.63) is 74.7 Å². The second-order valence-electron chi connectivity index (χ2n) is 8.62. The minimum atomic E-state index is -0.427. The third-order valence-corrected chi connectivity index (χ3v) is 4.85. The van der Waals surface area contributed by atoms with Crippen molar-refractivity contribution in [1.29, 1.82) is 0 Å². The van der Waals surface area contributed by atoms with Gasteiger partial charge in [-0.2, -0.15) is 0 Å². The Bertz CT molecular complexity index is 1340. The van der Waals surface area contributed by atoms with E-state index in [2.05, 4.69) is 25.9 Å². The van der Waals surface area contributed by atoms with Gasteiger partial charge in [-0.3, -0.25) is 9.59 Å². The summed E-state index contributed by atoms with van der Waals surface area (Å²) in [5.41, 5.74) is 1.75. The number of nitrogens with one attached hydrogen (secondary N) is 2. The minimum Gasteiger partial charge on any atom is -0.438 e. The highest BCUT2D eigenvalue weighted by molar-refractivity contribution is 5.69. The number of terminal acetylenes is 1. The van der Waals surface area contributed by atoms with E-state index >= 15 is 0 Å². The Labute approximate surface area is 197 Å². The van der Waals surface area contributed by atoms with Crippen LogP contribution in [0, 0.1) is 12.3 Å². The first-order valence-electron chi connectivity index (χ1n) is 10.9. The fourth-order valence-electron chi connectivity index (χ4n) is 3.18. The van der Waals surface area contributed by atoms with Gasteiger partial charge in [-0.1, -0.05) is 51.1 Å². The minimum absolute atomic E-state index is 0.112. The molecule has 8 heteroatoms. The molecular formula is C26H28N4O4. The lowest BCUT2D eigenvalue weighted by atomic mass is 9.90. The topological polar surface area (TPSA) is 110 Å². The van der Waals surface area contributed by atoms with Crippen molar-refractivity contribution in [3.63, 3.8) is 0 Å². The van der Waals surface area contributed by atoms with Crippen LogP contribution < -0.4 is 21.0 Å². The average molecular weight is 461 g/mol. The van der Waals surface area contributed by atoms with Gasteiger partial charge in [0.1, 0.15) is 10.7 Å². The van der Waals surface area contributed by atoms with Crippen LogP contribution in [-0.2, 0) is 14.9 Å². The van der Waals surface area contributed by atoms with E-state index in [-0.39, 0.29) is 35.4 Å². The first-order chi connectivity index (χ1) is 16.3. The Morgan fingerprint density at radius 1 is 1.21 bits per heavy atom. The summed E-state index contributed by atoms with van der Waals surface area (Å²) >= 11 is 0. The highest BCUT2D eigenvalue weighted by atomic mass is 16.7. The van der Waals surface area contributed by atoms with E-state index in [1.165, 1.54) is 0 Å². The lowest BCUT2D eigenvalue weighted by Gasteiger charge is -2.17. The number of nitrogens with zero attached hydrogens (tertiary/aromatic N) is 2. The first kappa shape index (κ1) is 24.5. The highest BCUT2D eigenvalue weighted by Crippen LogP contribution is 2.23. The molecule has 3 aromatic rings. The molecule has 0 aliphatic rings. The zero-order chi connectivity index (χ0) is 24.6. The maximum atomic E-state index is 12.8. The fourth-order valence-corrected chi connectivity index (χ4v) is 3.18. The van der Waals surface area contributed by atoms with E-state index < -0.39 is 5.97 Å². The van der Waals surface area contributed by atoms with Gasteiger partial charge in [0, 0.05) is 24.0 Å². The predicted molar refractivity (Wildman–Crippen MR) is 129 cm³/mol. The zero-order valence-electron chi connectivity index (χ0n) is 19.6. The molecule has 0 atom stereocenters. The van der Waals surface area contributed by atoms with Gasteiger partial charge >= 0.3 is 5.97 Å². The number of aromatic nitrogens is 4. The smallest absolute Gasteiger partial charge is 0.308 e. The van der Waals surface area contributed by atoms with Gasteiger partial charge in [0.15, 0.2) is 0 Å². The van der Waals surface area contributed by atoms with Gasteiger partial charge in [-0.05, 0) is 24.1 Å². The third kappa shape index (κ3) is 6.69. The number of aromatic amines is 2. The summed E-state index contributed by atoms with van der Waals surface area (Å²) < 4.78 is 10.8. The van der Waals surface area contributed by atoms with Crippen LogP contribution in [-0.4, -0.2) is 32.7 Å². The quantitative estimate of drug-likeness (QED) is 0.231. The molecule has 0 radical (unpaired) electrons. The number of ether oxygens (including phenoxy) is 2. The largest absolute Gasteiger partial charge is 0.438 e. The van der Waals surface area contributed by atoms with Gasteiger partial charge < -0.3 is 19.4 Å². The monoisotopic (exact) mass is 460 g/mol. The van der Waals surface area contributed by atoms with Crippen molar-refractivity contribution in [2.75, 3.05) is 6.79 Å². The van der Waals surface area contributed by atoms with Crippen molar-refractivity contribution >= 4 is 18.1 Å². The van der Waals surface area contributed by atoms with Crippen molar-refractivity contribution in [2.45, 2.75) is 45.4 Å². The normalized spacial score (nSPS) is 12.4. The Balaban J connectivity index is 1.98. The summed E-state index contributed by atoms with van der Waals surface area (Å²) in [4.78, 5) is 39.4. The van der Waals surface area contributed by atoms with Gasteiger partial charge in [0.05, 0.1) is 12.0 Å². The number of H-pyrrole nitrogens is 2. The summed E-state index contributed by atoms with van der Waals surface area (Å²) in [5, 5.41) is 0.480. The Kier molecular flexibility index (Phi) is 8.04.